The molecule has 2 aliphatic heterocycles. The number of nitrogens with one attached hydrogen (secondary N) is 2. The van der Waals surface area contributed by atoms with Crippen LogP contribution in [0.3, 0.4) is 0 Å². The number of rotatable bonds is 12. The second-order valence-electron chi connectivity index (χ2n) is 15.4. The van der Waals surface area contributed by atoms with Gasteiger partial charge in [0, 0.05) is 38.8 Å². The van der Waals surface area contributed by atoms with E-state index >= 15 is 0 Å². The third-order valence-corrected chi connectivity index (χ3v) is 9.35. The molecule has 2 saturated heterocycles. The van der Waals surface area contributed by atoms with Gasteiger partial charge in [-0.2, -0.15) is 0 Å². The maximum absolute atomic E-state index is 9.53. The summed E-state index contributed by atoms with van der Waals surface area (Å²) < 4.78 is 9.89. The van der Waals surface area contributed by atoms with Crippen molar-refractivity contribution in [2.45, 2.75) is 65.2 Å². The van der Waals surface area contributed by atoms with Crippen molar-refractivity contribution in [2.24, 2.45) is 0 Å². The van der Waals surface area contributed by atoms with Crippen molar-refractivity contribution < 1.29 is 106 Å². The van der Waals surface area contributed by atoms with Gasteiger partial charge in [-0.3, -0.25) is 0 Å². The maximum Gasteiger partial charge on any atom is 2.00 e. The Morgan fingerprint density at radius 1 is 0.395 bits per heavy atom. The summed E-state index contributed by atoms with van der Waals surface area (Å²) >= 11 is 0. The van der Waals surface area contributed by atoms with Gasteiger partial charge in [0.05, 0.1) is 11.4 Å². The number of aromatic nitrogens is 4. The fraction of sp³-hybridized carbons (Fsp3) is 0.267. The van der Waals surface area contributed by atoms with Crippen molar-refractivity contribution in [1.29, 1.82) is 0 Å². The van der Waals surface area contributed by atoms with Crippen LogP contribution in [-0.4, -0.2) is 49.6 Å². The molecule has 4 aromatic heterocycles. The van der Waals surface area contributed by atoms with Crippen LogP contribution in [0.15, 0.2) is 219 Å². The van der Waals surface area contributed by atoms with Crippen molar-refractivity contribution in [3.05, 3.63) is 240 Å². The molecule has 16 heteroatoms. The average Bonchev–Trinajstić information content (AvgIpc) is 4.25. The summed E-state index contributed by atoms with van der Waals surface area (Å²) in [6.45, 7) is 8.21. The van der Waals surface area contributed by atoms with E-state index in [0.29, 0.717) is 0 Å². The monoisotopic (exact) mass is 1110 g/mol. The molecule has 0 aliphatic carbocycles. The van der Waals surface area contributed by atoms with E-state index < -0.39 is 0 Å². The van der Waals surface area contributed by atoms with Crippen LogP contribution in [0.5, 0.6) is 0 Å². The van der Waals surface area contributed by atoms with Gasteiger partial charge in [0.2, 0.25) is 0 Å². The molecule has 76 heavy (non-hydrogen) atoms. The molecule has 12 nitrogen and oxygen atoms in total. The average molecular weight is 1110 g/mol. The van der Waals surface area contributed by atoms with Gasteiger partial charge >= 0.3 is 76.7 Å². The Hall–Kier alpha value is -5.04. The van der Waals surface area contributed by atoms with Gasteiger partial charge in [-0.1, -0.05) is 209 Å². The summed E-state index contributed by atoms with van der Waals surface area (Å²) in [4.78, 5) is 14.3. The summed E-state index contributed by atoms with van der Waals surface area (Å²) in [6, 6.07) is 62.4. The molecule has 0 spiro atoms. The zero-order valence-corrected chi connectivity index (χ0v) is 51.3. The maximum atomic E-state index is 9.53. The van der Waals surface area contributed by atoms with Crippen LogP contribution < -0.4 is 57.9 Å². The molecule has 0 bridgehead atoms. The van der Waals surface area contributed by atoms with Gasteiger partial charge in [-0.05, 0) is 85.6 Å². The van der Waals surface area contributed by atoms with Gasteiger partial charge in [0.25, 0.3) is 0 Å². The van der Waals surface area contributed by atoms with E-state index in [1.54, 1.807) is 12.4 Å². The van der Waals surface area contributed by atoms with Crippen LogP contribution in [0.25, 0.3) is 21.3 Å². The molecule has 2 aliphatic rings. The van der Waals surface area contributed by atoms with Gasteiger partial charge in [0.15, 0.2) is 0 Å². The van der Waals surface area contributed by atoms with E-state index in [1.165, 1.54) is 25.7 Å². The van der Waals surface area contributed by atoms with E-state index in [2.05, 4.69) is 41.2 Å². The summed E-state index contributed by atoms with van der Waals surface area (Å²) in [6.07, 6.45) is 16.0. The molecular formula is C60H72Li2N8O4Zn2+2. The second kappa shape index (κ2) is 53.4. The van der Waals surface area contributed by atoms with Crippen LogP contribution in [0, 0.1) is 0 Å². The van der Waals surface area contributed by atoms with E-state index in [0.717, 1.165) is 98.1 Å². The fourth-order valence-electron chi connectivity index (χ4n) is 5.61. The zero-order chi connectivity index (χ0) is 51.0. The minimum atomic E-state index is 0. The first-order chi connectivity index (χ1) is 35.6. The van der Waals surface area contributed by atoms with Crippen molar-refractivity contribution >= 4 is 46.0 Å². The number of para-hydroxylation sites is 4. The number of hydrogen-bond acceptors (Lipinski definition) is 6. The molecule has 0 unspecified atom stereocenters. The minimum Gasteiger partial charge on any atom is -0.854 e. The summed E-state index contributed by atoms with van der Waals surface area (Å²) in [5.74, 6) is 3.23. The van der Waals surface area contributed by atoms with Crippen molar-refractivity contribution in [2.75, 3.05) is 39.6 Å². The predicted octanol–water partition coefficient (Wildman–Crippen LogP) is 8.40. The molecular weight excluding hydrogens is 1040 g/mol. The minimum absolute atomic E-state index is 0. The first-order valence-electron chi connectivity index (χ1n) is 24.8. The molecule has 0 radical (unpaired) electrons. The third kappa shape index (κ3) is 40.2. The van der Waals surface area contributed by atoms with E-state index in [1.807, 2.05) is 220 Å². The zero-order valence-electron chi connectivity index (χ0n) is 45.4. The van der Waals surface area contributed by atoms with Gasteiger partial charge in [-0.15, -0.1) is 13.2 Å². The topological polar surface area (TPSA) is 175 Å². The van der Waals surface area contributed by atoms with E-state index in [-0.39, 0.29) is 89.9 Å². The normalized spacial score (nSPS) is 10.8. The Morgan fingerprint density at radius 2 is 0.684 bits per heavy atom. The molecule has 6 heterocycles. The Labute approximate surface area is 503 Å². The van der Waals surface area contributed by atoms with Crippen molar-refractivity contribution in [3.63, 3.8) is 0 Å². The Kier molecular flexibility index (Phi) is 51.3. The van der Waals surface area contributed by atoms with Crippen LogP contribution in [-0.2, 0) is 48.4 Å². The van der Waals surface area contributed by atoms with Gasteiger partial charge < -0.3 is 50.3 Å². The SMILES string of the molecule is C1CCOC1.C1CCOC1.CCCC[O-].CCCC[O-].[Li+].[Li+].[Zn+2].[Zn+2].c1ccc([N-]c2cccc[nH+]2)cc1.c1ccc([N-]c2cccc[nH+]2)cc1.c1ccc([N-]c2ccccn2)cc1.c1ccc([N-]c2ccccn2)cc1. The molecule has 380 valence electrons. The molecule has 0 amide bonds. The first-order valence-corrected chi connectivity index (χ1v) is 24.8. The number of unbranched alkanes of at least 4 members (excludes halogenated alkanes) is 2. The second-order valence-corrected chi connectivity index (χ2v) is 15.4. The molecule has 2 fully saturated rings. The molecule has 4 aromatic carbocycles. The summed E-state index contributed by atoms with van der Waals surface area (Å²) in [5, 5.41) is 36.5. The van der Waals surface area contributed by atoms with Crippen LogP contribution >= 0.6 is 0 Å². The Balaban J connectivity index is 0. The smallest absolute Gasteiger partial charge is 0.854 e. The third-order valence-electron chi connectivity index (χ3n) is 9.35. The van der Waals surface area contributed by atoms with Crippen molar-refractivity contribution in [3.8, 4) is 0 Å². The van der Waals surface area contributed by atoms with Crippen LogP contribution in [0.2, 0.25) is 0 Å². The fourth-order valence-corrected chi connectivity index (χ4v) is 5.61. The number of nitrogens with zero attached hydrogens (tertiary/aromatic N) is 6. The number of benzene rings is 4. The van der Waals surface area contributed by atoms with E-state index in [9.17, 15) is 10.2 Å². The Bertz CT molecular complexity index is 1870. The number of pyridine rings is 4. The quantitative estimate of drug-likeness (QED) is 0.111. The Morgan fingerprint density at radius 3 is 0.895 bits per heavy atom. The molecule has 0 atom stereocenters. The predicted molar refractivity (Wildman–Crippen MR) is 291 cm³/mol. The van der Waals surface area contributed by atoms with E-state index in [4.69, 9.17) is 9.47 Å². The van der Waals surface area contributed by atoms with Crippen LogP contribution in [0.4, 0.5) is 46.0 Å². The summed E-state index contributed by atoms with van der Waals surface area (Å²) in [7, 11) is 0. The number of hydrogen-bond donors (Lipinski definition) is 0. The molecule has 8 aromatic rings. The largest absolute Gasteiger partial charge is 2.00 e. The van der Waals surface area contributed by atoms with Gasteiger partial charge in [-0.25, -0.2) is 10.6 Å². The van der Waals surface area contributed by atoms with Crippen molar-refractivity contribution in [1.82, 2.24) is 9.97 Å². The number of ether oxygens (including phenoxy) is 2. The number of aromatic amines is 2. The summed E-state index contributed by atoms with van der Waals surface area (Å²) in [5.41, 5.74) is 3.79. The van der Waals surface area contributed by atoms with Gasteiger partial charge in [0.1, 0.15) is 11.6 Å². The van der Waals surface area contributed by atoms with Crippen LogP contribution in [0.1, 0.15) is 65.2 Å². The number of H-pyrrole nitrogens is 2. The standard InChI is InChI=1S/4C11H9N2.2C4H8O.2C4H9O.2Li.2Zn/c4*1-2-6-10(7-3-1)13-11-8-4-5-9-12-11;2*1-2-4-5-3-1;2*1-2-3-4-5;;;;/h4*1-9H;2*1-4H2;2*2-4H2,1H3;;;;/q4*-1;;;2*-1;2*+1;2*+2/p+2. The molecule has 10 rings (SSSR count). The first kappa shape index (κ1) is 73.0. The molecule has 0 saturated carbocycles. The molecule has 2 N–H and O–H groups in total.